The summed E-state index contributed by atoms with van der Waals surface area (Å²) >= 11 is 6.40. The van der Waals surface area contributed by atoms with Gasteiger partial charge in [0.1, 0.15) is 0 Å². The first-order chi connectivity index (χ1) is 19.5. The van der Waals surface area contributed by atoms with E-state index in [1.165, 1.54) is 10.8 Å². The number of halogens is 1. The lowest BCUT2D eigenvalue weighted by atomic mass is 10.1. The second-order valence-corrected chi connectivity index (χ2v) is 11.5. The van der Waals surface area contributed by atoms with Gasteiger partial charge in [-0.2, -0.15) is 0 Å². The van der Waals surface area contributed by atoms with Crippen LogP contribution in [-0.2, 0) is 10.0 Å². The molecule has 0 fully saturated rings. The van der Waals surface area contributed by atoms with E-state index < -0.39 is 22.0 Å². The number of nitrogens with zero attached hydrogens (tertiary/aromatic N) is 3. The van der Waals surface area contributed by atoms with Crippen molar-refractivity contribution in [1.29, 1.82) is 0 Å². The van der Waals surface area contributed by atoms with E-state index in [1.807, 2.05) is 24.3 Å². The molecule has 2 heterocycles. The summed E-state index contributed by atoms with van der Waals surface area (Å²) in [7, 11) is -3.43. The van der Waals surface area contributed by atoms with Crippen molar-refractivity contribution in [2.75, 3.05) is 16.7 Å². The average Bonchev–Trinajstić information content (AvgIpc) is 2.93. The molecule has 12 heteroatoms. The SMILES string of the molecule is C[C@H](NC(=O)c1nc(-c2ccc(NS(C)(=O)=O)cc2)cnc1N)c1cc2cccc(Cl)c2c(=O)n1-c1ccccc1. The van der Waals surface area contributed by atoms with E-state index in [0.717, 1.165) is 6.26 Å². The minimum absolute atomic E-state index is 0.0699. The highest BCUT2D eigenvalue weighted by molar-refractivity contribution is 7.92. The lowest BCUT2D eigenvalue weighted by Gasteiger charge is -2.21. The van der Waals surface area contributed by atoms with Gasteiger partial charge in [0, 0.05) is 22.6 Å². The van der Waals surface area contributed by atoms with E-state index in [1.54, 1.807) is 61.5 Å². The van der Waals surface area contributed by atoms with Crippen LogP contribution in [0.2, 0.25) is 5.02 Å². The maximum atomic E-state index is 13.7. The van der Waals surface area contributed by atoms with Crippen LogP contribution in [0.1, 0.15) is 29.1 Å². The molecule has 0 aliphatic heterocycles. The Morgan fingerprint density at radius 1 is 1.02 bits per heavy atom. The van der Waals surface area contributed by atoms with Crippen molar-refractivity contribution in [2.45, 2.75) is 13.0 Å². The number of anilines is 2. The van der Waals surface area contributed by atoms with Crippen LogP contribution in [0.25, 0.3) is 27.7 Å². The number of hydrogen-bond donors (Lipinski definition) is 3. The molecule has 0 unspecified atom stereocenters. The van der Waals surface area contributed by atoms with Crippen LogP contribution in [0.4, 0.5) is 11.5 Å². The van der Waals surface area contributed by atoms with Crippen molar-refractivity contribution in [1.82, 2.24) is 19.9 Å². The van der Waals surface area contributed by atoms with Gasteiger partial charge in [-0.1, -0.05) is 54.1 Å². The molecule has 5 rings (SSSR count). The fraction of sp³-hybridized carbons (Fsp3) is 0.103. The molecular weight excluding hydrogens is 564 g/mol. The molecule has 4 N–H and O–H groups in total. The van der Waals surface area contributed by atoms with Crippen molar-refractivity contribution in [2.24, 2.45) is 0 Å². The highest BCUT2D eigenvalue weighted by atomic mass is 35.5. The minimum Gasteiger partial charge on any atom is -0.382 e. The molecule has 208 valence electrons. The topological polar surface area (TPSA) is 149 Å². The Morgan fingerprint density at radius 3 is 2.41 bits per heavy atom. The predicted molar refractivity (Wildman–Crippen MR) is 161 cm³/mol. The Labute approximate surface area is 240 Å². The Hall–Kier alpha value is -4.74. The molecule has 3 aromatic carbocycles. The summed E-state index contributed by atoms with van der Waals surface area (Å²) in [6.07, 6.45) is 2.49. The van der Waals surface area contributed by atoms with Gasteiger partial charge in [-0.3, -0.25) is 18.9 Å². The number of nitrogens with two attached hydrogens (primary N) is 1. The first-order valence-corrected chi connectivity index (χ1v) is 14.7. The van der Waals surface area contributed by atoms with Gasteiger partial charge in [-0.25, -0.2) is 18.4 Å². The van der Waals surface area contributed by atoms with Crippen molar-refractivity contribution < 1.29 is 13.2 Å². The van der Waals surface area contributed by atoms with Crippen LogP contribution >= 0.6 is 11.6 Å². The number of benzene rings is 3. The van der Waals surface area contributed by atoms with Gasteiger partial charge in [-0.15, -0.1) is 0 Å². The smallest absolute Gasteiger partial charge is 0.274 e. The van der Waals surface area contributed by atoms with Crippen molar-refractivity contribution in [3.05, 3.63) is 112 Å². The van der Waals surface area contributed by atoms with Gasteiger partial charge in [0.15, 0.2) is 11.5 Å². The maximum Gasteiger partial charge on any atom is 0.274 e. The van der Waals surface area contributed by atoms with Crippen LogP contribution in [0, 0.1) is 0 Å². The second kappa shape index (κ2) is 11.0. The molecule has 0 radical (unpaired) electrons. The number of carbonyl (C=O) groups is 1. The van der Waals surface area contributed by atoms with Crippen LogP contribution in [0.3, 0.4) is 0 Å². The maximum absolute atomic E-state index is 13.7. The zero-order valence-electron chi connectivity index (χ0n) is 22.0. The van der Waals surface area contributed by atoms with Gasteiger partial charge in [0.2, 0.25) is 10.0 Å². The zero-order valence-corrected chi connectivity index (χ0v) is 23.6. The monoisotopic (exact) mass is 588 g/mol. The Bertz CT molecular complexity index is 1950. The highest BCUT2D eigenvalue weighted by Gasteiger charge is 2.22. The molecule has 5 aromatic rings. The summed E-state index contributed by atoms with van der Waals surface area (Å²) in [4.78, 5) is 35.7. The van der Waals surface area contributed by atoms with Crippen molar-refractivity contribution in [3.63, 3.8) is 0 Å². The van der Waals surface area contributed by atoms with Gasteiger partial charge in [-0.05, 0) is 48.7 Å². The van der Waals surface area contributed by atoms with Crippen LogP contribution in [-0.4, -0.2) is 35.1 Å². The predicted octanol–water partition coefficient (Wildman–Crippen LogP) is 4.55. The number of hydrogen-bond acceptors (Lipinski definition) is 7. The lowest BCUT2D eigenvalue weighted by molar-refractivity contribution is 0.0934. The standard InChI is InChI=1S/C29H25ClN6O4S/c1-17(24-15-19-7-6-10-22(30)25(19)29(38)36(24)21-8-4-3-5-9-21)33-28(37)26-27(31)32-16-23(34-26)18-11-13-20(14-12-18)35-41(2,39)40/h3-17,35H,1-2H3,(H2,31,32)(H,33,37)/t17-/m0/s1. The second-order valence-electron chi connectivity index (χ2n) is 9.39. The van der Waals surface area contributed by atoms with E-state index in [0.29, 0.717) is 44.1 Å². The number of aromatic nitrogens is 3. The number of pyridine rings is 1. The number of nitrogen functional groups attached to an aromatic ring is 1. The summed E-state index contributed by atoms with van der Waals surface area (Å²) < 4.78 is 26.9. The van der Waals surface area contributed by atoms with Gasteiger partial charge < -0.3 is 11.1 Å². The molecule has 1 amide bonds. The molecule has 0 aliphatic carbocycles. The summed E-state index contributed by atoms with van der Waals surface area (Å²) in [5.41, 5.74) is 8.12. The largest absolute Gasteiger partial charge is 0.382 e. The lowest BCUT2D eigenvalue weighted by Crippen LogP contribution is -2.33. The molecule has 0 saturated carbocycles. The normalized spacial score (nSPS) is 12.2. The zero-order chi connectivity index (χ0) is 29.3. The number of sulfonamides is 1. The first-order valence-electron chi connectivity index (χ1n) is 12.4. The van der Waals surface area contributed by atoms with E-state index in [9.17, 15) is 18.0 Å². The molecule has 0 saturated heterocycles. The number of fused-ring (bicyclic) bond motifs is 1. The molecule has 0 aliphatic rings. The summed E-state index contributed by atoms with van der Waals surface area (Å²) in [6.45, 7) is 1.75. The van der Waals surface area contributed by atoms with Crippen molar-refractivity contribution >= 4 is 49.8 Å². The molecule has 41 heavy (non-hydrogen) atoms. The highest BCUT2D eigenvalue weighted by Crippen LogP contribution is 2.26. The van der Waals surface area contributed by atoms with Gasteiger partial charge in [0.05, 0.1) is 34.6 Å². The van der Waals surface area contributed by atoms with E-state index >= 15 is 0 Å². The van der Waals surface area contributed by atoms with Gasteiger partial charge in [0.25, 0.3) is 11.5 Å². The molecule has 1 atom stereocenters. The fourth-order valence-corrected chi connectivity index (χ4v) is 5.30. The van der Waals surface area contributed by atoms with E-state index in [4.69, 9.17) is 17.3 Å². The average molecular weight is 589 g/mol. The van der Waals surface area contributed by atoms with Crippen LogP contribution in [0.5, 0.6) is 0 Å². The molecule has 10 nitrogen and oxygen atoms in total. The quantitative estimate of drug-likeness (QED) is 0.252. The Kier molecular flexibility index (Phi) is 7.48. The van der Waals surface area contributed by atoms with Crippen LogP contribution < -0.4 is 21.3 Å². The molecular formula is C29H25ClN6O4S. The summed E-state index contributed by atoms with van der Waals surface area (Å²) in [5.74, 6) is -0.655. The molecule has 0 bridgehead atoms. The Morgan fingerprint density at radius 2 is 1.73 bits per heavy atom. The minimum atomic E-state index is -3.43. The van der Waals surface area contributed by atoms with Crippen LogP contribution in [0.15, 0.2) is 89.9 Å². The fourth-order valence-electron chi connectivity index (χ4n) is 4.47. The van der Waals surface area contributed by atoms with E-state index in [2.05, 4.69) is 20.0 Å². The number of amides is 1. The third-order valence-electron chi connectivity index (χ3n) is 6.33. The van der Waals surface area contributed by atoms with Gasteiger partial charge >= 0.3 is 0 Å². The summed E-state index contributed by atoms with van der Waals surface area (Å²) in [6, 6.07) is 21.9. The number of carbonyl (C=O) groups excluding carboxylic acids is 1. The third-order valence-corrected chi connectivity index (χ3v) is 7.25. The number of nitrogens with one attached hydrogen (secondary N) is 2. The van der Waals surface area contributed by atoms with Crippen molar-refractivity contribution in [3.8, 4) is 16.9 Å². The van der Waals surface area contributed by atoms with E-state index in [-0.39, 0.29) is 17.1 Å². The number of para-hydroxylation sites is 1. The molecule has 2 aromatic heterocycles. The number of rotatable bonds is 7. The third kappa shape index (κ3) is 5.91. The molecule has 0 spiro atoms. The summed E-state index contributed by atoms with van der Waals surface area (Å²) in [5, 5.41) is 4.24. The Balaban J connectivity index is 1.49. The first kappa shape index (κ1) is 27.8.